The van der Waals surface area contributed by atoms with E-state index in [1.54, 1.807) is 12.1 Å². The van der Waals surface area contributed by atoms with Gasteiger partial charge in [0.25, 0.3) is 5.91 Å². The maximum absolute atomic E-state index is 13.1. The Bertz CT molecular complexity index is 1160. The van der Waals surface area contributed by atoms with Gasteiger partial charge in [-0.1, -0.05) is 45.1 Å². The fourth-order valence-corrected chi connectivity index (χ4v) is 5.99. The van der Waals surface area contributed by atoms with Gasteiger partial charge in [0, 0.05) is 18.7 Å². The number of thiazole rings is 1. The van der Waals surface area contributed by atoms with E-state index in [1.807, 2.05) is 52.8 Å². The molecule has 0 aliphatic carbocycles. The number of nitrogens with one attached hydrogen (secondary N) is 1. The van der Waals surface area contributed by atoms with Gasteiger partial charge in [0.1, 0.15) is 0 Å². The predicted octanol–water partition coefficient (Wildman–Crippen LogP) is 5.16. The molecule has 2 aromatic carbocycles. The number of amides is 1. The Morgan fingerprint density at radius 2 is 1.65 bits per heavy atom. The monoisotopic (exact) mass is 459 g/mol. The van der Waals surface area contributed by atoms with Crippen LogP contribution in [0, 0.1) is 18.8 Å². The Hall–Kier alpha value is -2.29. The Balaban J connectivity index is 1.78. The summed E-state index contributed by atoms with van der Waals surface area (Å²) in [5.74, 6) is 0.119. The largest absolute Gasteiger partial charge is 0.298 e. The summed E-state index contributed by atoms with van der Waals surface area (Å²) >= 11 is 1.41. The minimum Gasteiger partial charge on any atom is -0.298 e. The summed E-state index contributed by atoms with van der Waals surface area (Å²) in [6.07, 6.45) is 0. The molecule has 8 heteroatoms. The van der Waals surface area contributed by atoms with Crippen LogP contribution >= 0.6 is 11.3 Å². The van der Waals surface area contributed by atoms with E-state index in [1.165, 1.54) is 27.8 Å². The zero-order chi connectivity index (χ0) is 22.8. The number of sulfonamides is 1. The van der Waals surface area contributed by atoms with Gasteiger partial charge in [-0.15, -0.1) is 0 Å². The van der Waals surface area contributed by atoms with Crippen LogP contribution < -0.4 is 5.32 Å². The van der Waals surface area contributed by atoms with Crippen LogP contribution in [0.15, 0.2) is 47.4 Å². The normalized spacial score (nSPS) is 12.3. The van der Waals surface area contributed by atoms with Gasteiger partial charge in [0.2, 0.25) is 10.0 Å². The molecule has 0 saturated heterocycles. The Kier molecular flexibility index (Phi) is 7.13. The fraction of sp³-hybridized carbons (Fsp3) is 0.391. The SMILES string of the molecule is Cc1ccc2nc(NC(=O)c3ccc(S(=O)(=O)N(CC(C)C)CC(C)C)cc3)sc2c1. The first-order valence-corrected chi connectivity index (χ1v) is 12.6. The highest BCUT2D eigenvalue weighted by molar-refractivity contribution is 7.89. The van der Waals surface area contributed by atoms with Crippen LogP contribution in [0.4, 0.5) is 5.13 Å². The van der Waals surface area contributed by atoms with E-state index >= 15 is 0 Å². The first-order valence-electron chi connectivity index (χ1n) is 10.3. The molecule has 0 aliphatic heterocycles. The summed E-state index contributed by atoms with van der Waals surface area (Å²) in [4.78, 5) is 17.3. The summed E-state index contributed by atoms with van der Waals surface area (Å²) in [5, 5.41) is 3.32. The number of carbonyl (C=O) groups is 1. The maximum Gasteiger partial charge on any atom is 0.257 e. The number of aryl methyl sites for hydroxylation is 1. The van der Waals surface area contributed by atoms with Crippen molar-refractivity contribution in [2.75, 3.05) is 18.4 Å². The molecule has 1 heterocycles. The van der Waals surface area contributed by atoms with E-state index in [9.17, 15) is 13.2 Å². The zero-order valence-electron chi connectivity index (χ0n) is 18.5. The predicted molar refractivity (Wildman–Crippen MR) is 127 cm³/mol. The van der Waals surface area contributed by atoms with Gasteiger partial charge in [0.15, 0.2) is 5.13 Å². The molecule has 0 aliphatic rings. The van der Waals surface area contributed by atoms with Gasteiger partial charge in [0.05, 0.1) is 15.1 Å². The average molecular weight is 460 g/mol. The summed E-state index contributed by atoms with van der Waals surface area (Å²) in [7, 11) is -3.62. The average Bonchev–Trinajstić information content (AvgIpc) is 3.08. The highest BCUT2D eigenvalue weighted by Crippen LogP contribution is 2.27. The van der Waals surface area contributed by atoms with Crippen LogP contribution in [0.5, 0.6) is 0 Å². The standard InChI is InChI=1S/C23H29N3O3S2/c1-15(2)13-26(14-16(3)4)31(28,29)19-9-7-18(8-10-19)22(27)25-23-24-20-11-6-17(5)12-21(20)30-23/h6-12,15-16H,13-14H2,1-5H3,(H,24,25,27). The van der Waals surface area contributed by atoms with Crippen molar-refractivity contribution >= 4 is 42.6 Å². The Labute approximate surface area is 188 Å². The van der Waals surface area contributed by atoms with Gasteiger partial charge in [-0.25, -0.2) is 13.4 Å². The maximum atomic E-state index is 13.1. The quantitative estimate of drug-likeness (QED) is 0.505. The summed E-state index contributed by atoms with van der Waals surface area (Å²) in [6.45, 7) is 10.9. The smallest absolute Gasteiger partial charge is 0.257 e. The van der Waals surface area contributed by atoms with Gasteiger partial charge < -0.3 is 0 Å². The van der Waals surface area contributed by atoms with Crippen LogP contribution in [0.2, 0.25) is 0 Å². The minimum atomic E-state index is -3.62. The second-order valence-corrected chi connectivity index (χ2v) is 11.5. The topological polar surface area (TPSA) is 79.4 Å². The number of hydrogen-bond acceptors (Lipinski definition) is 5. The molecule has 166 valence electrons. The van der Waals surface area contributed by atoms with Crippen LogP contribution in [0.25, 0.3) is 10.2 Å². The number of anilines is 1. The van der Waals surface area contributed by atoms with Gasteiger partial charge in [-0.2, -0.15) is 4.31 Å². The van der Waals surface area contributed by atoms with Crippen LogP contribution in [0.3, 0.4) is 0 Å². The van der Waals surface area contributed by atoms with Crippen molar-refractivity contribution in [2.45, 2.75) is 39.5 Å². The first kappa shape index (κ1) is 23.4. The van der Waals surface area contributed by atoms with Gasteiger partial charge in [-0.05, 0) is 60.7 Å². The van der Waals surface area contributed by atoms with E-state index in [2.05, 4.69) is 10.3 Å². The molecular formula is C23H29N3O3S2. The lowest BCUT2D eigenvalue weighted by Gasteiger charge is -2.25. The second-order valence-electron chi connectivity index (χ2n) is 8.58. The lowest BCUT2D eigenvalue weighted by Crippen LogP contribution is -2.37. The van der Waals surface area contributed by atoms with E-state index in [-0.39, 0.29) is 22.6 Å². The molecule has 1 N–H and O–H groups in total. The molecule has 1 aromatic heterocycles. The van der Waals surface area contributed by atoms with Gasteiger partial charge >= 0.3 is 0 Å². The molecule has 0 fully saturated rings. The first-order chi connectivity index (χ1) is 14.6. The molecule has 3 aromatic rings. The van der Waals surface area contributed by atoms with Crippen molar-refractivity contribution in [1.82, 2.24) is 9.29 Å². The van der Waals surface area contributed by atoms with Crippen molar-refractivity contribution in [3.05, 3.63) is 53.6 Å². The van der Waals surface area contributed by atoms with Crippen molar-refractivity contribution in [1.29, 1.82) is 0 Å². The highest BCUT2D eigenvalue weighted by atomic mass is 32.2. The summed E-state index contributed by atoms with van der Waals surface area (Å²) in [5.41, 5.74) is 2.35. The van der Waals surface area contributed by atoms with E-state index in [0.29, 0.717) is 23.8 Å². The van der Waals surface area contributed by atoms with Crippen LogP contribution in [-0.2, 0) is 10.0 Å². The number of benzene rings is 2. The molecule has 31 heavy (non-hydrogen) atoms. The molecule has 1 amide bonds. The number of fused-ring (bicyclic) bond motifs is 1. The van der Waals surface area contributed by atoms with Crippen molar-refractivity contribution in [2.24, 2.45) is 11.8 Å². The van der Waals surface area contributed by atoms with Crippen molar-refractivity contribution in [3.8, 4) is 0 Å². The molecule has 0 atom stereocenters. The molecule has 0 unspecified atom stereocenters. The molecular weight excluding hydrogens is 430 g/mol. The molecule has 6 nitrogen and oxygen atoms in total. The van der Waals surface area contributed by atoms with E-state index in [4.69, 9.17) is 0 Å². The summed E-state index contributed by atoms with van der Waals surface area (Å²) < 4.78 is 28.8. The van der Waals surface area contributed by atoms with E-state index in [0.717, 1.165) is 15.8 Å². The van der Waals surface area contributed by atoms with Gasteiger partial charge in [-0.3, -0.25) is 10.1 Å². The number of nitrogens with zero attached hydrogens (tertiary/aromatic N) is 2. The second kappa shape index (κ2) is 9.46. The highest BCUT2D eigenvalue weighted by Gasteiger charge is 2.26. The van der Waals surface area contributed by atoms with Crippen LogP contribution in [0.1, 0.15) is 43.6 Å². The molecule has 0 radical (unpaired) electrons. The molecule has 0 spiro atoms. The lowest BCUT2D eigenvalue weighted by atomic mass is 10.2. The Morgan fingerprint density at radius 3 is 2.23 bits per heavy atom. The molecule has 0 bridgehead atoms. The Morgan fingerprint density at radius 1 is 1.03 bits per heavy atom. The third-order valence-electron chi connectivity index (χ3n) is 4.66. The third-order valence-corrected chi connectivity index (χ3v) is 7.44. The zero-order valence-corrected chi connectivity index (χ0v) is 20.2. The molecule has 3 rings (SSSR count). The third kappa shape index (κ3) is 5.70. The molecule has 0 saturated carbocycles. The van der Waals surface area contributed by atoms with Crippen molar-refractivity contribution in [3.63, 3.8) is 0 Å². The van der Waals surface area contributed by atoms with Crippen LogP contribution in [-0.4, -0.2) is 36.7 Å². The number of hydrogen-bond donors (Lipinski definition) is 1. The summed E-state index contributed by atoms with van der Waals surface area (Å²) in [6, 6.07) is 12.0. The minimum absolute atomic E-state index is 0.195. The fourth-order valence-electron chi connectivity index (χ4n) is 3.27. The lowest BCUT2D eigenvalue weighted by molar-refractivity contribution is 0.102. The number of aromatic nitrogens is 1. The number of rotatable bonds is 8. The van der Waals surface area contributed by atoms with Crippen molar-refractivity contribution < 1.29 is 13.2 Å². The van der Waals surface area contributed by atoms with E-state index < -0.39 is 10.0 Å². The number of carbonyl (C=O) groups excluding carboxylic acids is 1.